The van der Waals surface area contributed by atoms with Gasteiger partial charge in [0.05, 0.1) is 17.2 Å². The van der Waals surface area contributed by atoms with Crippen LogP contribution in [0.15, 0.2) is 12.3 Å². The van der Waals surface area contributed by atoms with Gasteiger partial charge in [0.1, 0.15) is 0 Å². The van der Waals surface area contributed by atoms with E-state index in [-0.39, 0.29) is 5.41 Å². The van der Waals surface area contributed by atoms with Gasteiger partial charge in [0.25, 0.3) is 0 Å². The number of nitrogens with one attached hydrogen (secondary N) is 1. The molecular formula is C11H18N4. The first kappa shape index (κ1) is 11.7. The van der Waals surface area contributed by atoms with Crippen molar-refractivity contribution in [2.45, 2.75) is 33.9 Å². The van der Waals surface area contributed by atoms with Crippen molar-refractivity contribution in [3.8, 4) is 6.07 Å². The van der Waals surface area contributed by atoms with E-state index in [0.717, 1.165) is 18.8 Å². The fourth-order valence-corrected chi connectivity index (χ4v) is 1.34. The van der Waals surface area contributed by atoms with Crippen molar-refractivity contribution in [2.24, 2.45) is 5.41 Å². The van der Waals surface area contributed by atoms with Gasteiger partial charge in [-0.25, -0.2) is 0 Å². The standard InChI is InChI=1S/C11H18N4/c1-4-15-10(5-6-14-15)7-13-9-11(2,3)8-12/h5-6,13H,4,7,9H2,1-3H3. The molecule has 1 aromatic rings. The topological polar surface area (TPSA) is 53.6 Å². The van der Waals surface area contributed by atoms with Gasteiger partial charge in [-0.05, 0) is 26.8 Å². The summed E-state index contributed by atoms with van der Waals surface area (Å²) in [7, 11) is 0. The summed E-state index contributed by atoms with van der Waals surface area (Å²) >= 11 is 0. The van der Waals surface area contributed by atoms with Gasteiger partial charge >= 0.3 is 0 Å². The van der Waals surface area contributed by atoms with E-state index in [9.17, 15) is 0 Å². The highest BCUT2D eigenvalue weighted by Gasteiger charge is 2.15. The van der Waals surface area contributed by atoms with Crippen LogP contribution in [0.4, 0.5) is 0 Å². The highest BCUT2D eigenvalue weighted by molar-refractivity contribution is 5.01. The smallest absolute Gasteiger partial charge is 0.0697 e. The second-order valence-electron chi connectivity index (χ2n) is 4.24. The van der Waals surface area contributed by atoms with Gasteiger partial charge in [0.2, 0.25) is 0 Å². The van der Waals surface area contributed by atoms with Gasteiger partial charge in [-0.2, -0.15) is 10.4 Å². The molecule has 0 fully saturated rings. The van der Waals surface area contributed by atoms with Crippen LogP contribution in [0.2, 0.25) is 0 Å². The molecule has 0 amide bonds. The Morgan fingerprint density at radius 1 is 1.60 bits per heavy atom. The lowest BCUT2D eigenvalue weighted by atomic mass is 9.96. The Labute approximate surface area is 90.9 Å². The largest absolute Gasteiger partial charge is 0.310 e. The first-order chi connectivity index (χ1) is 7.09. The maximum atomic E-state index is 8.84. The van der Waals surface area contributed by atoms with Crippen molar-refractivity contribution >= 4 is 0 Å². The van der Waals surface area contributed by atoms with E-state index < -0.39 is 0 Å². The van der Waals surface area contributed by atoms with Crippen LogP contribution < -0.4 is 5.32 Å². The Hall–Kier alpha value is -1.34. The van der Waals surface area contributed by atoms with E-state index in [4.69, 9.17) is 5.26 Å². The summed E-state index contributed by atoms with van der Waals surface area (Å²) in [6, 6.07) is 4.26. The second kappa shape index (κ2) is 4.94. The Bertz CT molecular complexity index is 346. The maximum Gasteiger partial charge on any atom is 0.0697 e. The van der Waals surface area contributed by atoms with Gasteiger partial charge in [-0.15, -0.1) is 0 Å². The van der Waals surface area contributed by atoms with E-state index in [1.165, 1.54) is 0 Å². The number of hydrogen-bond donors (Lipinski definition) is 1. The molecule has 0 bridgehead atoms. The van der Waals surface area contributed by atoms with Crippen molar-refractivity contribution in [3.05, 3.63) is 18.0 Å². The third kappa shape index (κ3) is 3.37. The summed E-state index contributed by atoms with van der Waals surface area (Å²) in [5.74, 6) is 0. The first-order valence-electron chi connectivity index (χ1n) is 5.21. The van der Waals surface area contributed by atoms with Crippen molar-refractivity contribution in [3.63, 3.8) is 0 Å². The van der Waals surface area contributed by atoms with Gasteiger partial charge in [-0.3, -0.25) is 4.68 Å². The number of aromatic nitrogens is 2. The molecule has 0 spiro atoms. The Morgan fingerprint density at radius 3 is 2.93 bits per heavy atom. The molecule has 4 nitrogen and oxygen atoms in total. The Morgan fingerprint density at radius 2 is 2.33 bits per heavy atom. The van der Waals surface area contributed by atoms with Crippen LogP contribution in [0, 0.1) is 16.7 Å². The average Bonchev–Trinajstić information content (AvgIpc) is 2.65. The van der Waals surface area contributed by atoms with Crippen LogP contribution in [0.5, 0.6) is 0 Å². The number of rotatable bonds is 5. The number of aryl methyl sites for hydroxylation is 1. The van der Waals surface area contributed by atoms with Crippen LogP contribution in [-0.4, -0.2) is 16.3 Å². The molecule has 1 aromatic heterocycles. The van der Waals surface area contributed by atoms with Crippen molar-refractivity contribution in [1.82, 2.24) is 15.1 Å². The summed E-state index contributed by atoms with van der Waals surface area (Å²) in [6.07, 6.45) is 1.80. The number of nitrogens with zero attached hydrogens (tertiary/aromatic N) is 3. The zero-order chi connectivity index (χ0) is 11.3. The quantitative estimate of drug-likeness (QED) is 0.795. The lowest BCUT2D eigenvalue weighted by molar-refractivity contribution is 0.437. The van der Waals surface area contributed by atoms with Gasteiger partial charge in [-0.1, -0.05) is 0 Å². The molecule has 0 aliphatic heterocycles. The monoisotopic (exact) mass is 206 g/mol. The average molecular weight is 206 g/mol. The maximum absolute atomic E-state index is 8.84. The normalized spacial score (nSPS) is 11.3. The summed E-state index contributed by atoms with van der Waals surface area (Å²) < 4.78 is 1.95. The minimum atomic E-state index is -0.308. The molecule has 0 saturated carbocycles. The van der Waals surface area contributed by atoms with Gasteiger partial charge in [0.15, 0.2) is 0 Å². The van der Waals surface area contributed by atoms with Crippen LogP contribution in [-0.2, 0) is 13.1 Å². The lowest BCUT2D eigenvalue weighted by Crippen LogP contribution is -2.28. The van der Waals surface area contributed by atoms with Gasteiger partial charge < -0.3 is 5.32 Å². The van der Waals surface area contributed by atoms with Crippen LogP contribution in [0.3, 0.4) is 0 Å². The zero-order valence-electron chi connectivity index (χ0n) is 9.62. The third-order valence-corrected chi connectivity index (χ3v) is 2.28. The summed E-state index contributed by atoms with van der Waals surface area (Å²) in [5.41, 5.74) is 0.850. The Kier molecular flexibility index (Phi) is 3.87. The van der Waals surface area contributed by atoms with E-state index in [1.807, 2.05) is 24.6 Å². The molecule has 1 rings (SSSR count). The minimum Gasteiger partial charge on any atom is -0.310 e. The van der Waals surface area contributed by atoms with Crippen molar-refractivity contribution in [1.29, 1.82) is 5.26 Å². The molecular weight excluding hydrogens is 188 g/mol. The summed E-state index contributed by atoms with van der Waals surface area (Å²) in [4.78, 5) is 0. The predicted molar refractivity (Wildman–Crippen MR) is 59.0 cm³/mol. The highest BCUT2D eigenvalue weighted by atomic mass is 15.3. The molecule has 0 unspecified atom stereocenters. The number of hydrogen-bond acceptors (Lipinski definition) is 3. The predicted octanol–water partition coefficient (Wildman–Crippen LogP) is 1.54. The fourth-order valence-electron chi connectivity index (χ4n) is 1.34. The molecule has 0 aromatic carbocycles. The third-order valence-electron chi connectivity index (χ3n) is 2.28. The van der Waals surface area contributed by atoms with Gasteiger partial charge in [0, 0.05) is 25.8 Å². The highest BCUT2D eigenvalue weighted by Crippen LogP contribution is 2.11. The summed E-state index contributed by atoms with van der Waals surface area (Å²) in [5, 5.41) is 16.3. The van der Waals surface area contributed by atoms with E-state index in [1.54, 1.807) is 6.20 Å². The molecule has 0 aliphatic carbocycles. The van der Waals surface area contributed by atoms with E-state index in [2.05, 4.69) is 23.4 Å². The summed E-state index contributed by atoms with van der Waals surface area (Å²) in [6.45, 7) is 8.26. The van der Waals surface area contributed by atoms with Crippen LogP contribution >= 0.6 is 0 Å². The minimum absolute atomic E-state index is 0.308. The van der Waals surface area contributed by atoms with Crippen LogP contribution in [0.1, 0.15) is 26.5 Å². The van der Waals surface area contributed by atoms with Crippen molar-refractivity contribution in [2.75, 3.05) is 6.54 Å². The molecule has 0 saturated heterocycles. The van der Waals surface area contributed by atoms with Crippen LogP contribution in [0.25, 0.3) is 0 Å². The zero-order valence-corrected chi connectivity index (χ0v) is 9.62. The lowest BCUT2D eigenvalue weighted by Gasteiger charge is -2.15. The molecule has 0 aliphatic rings. The number of nitriles is 1. The van der Waals surface area contributed by atoms with E-state index in [0.29, 0.717) is 6.54 Å². The SMILES string of the molecule is CCn1nccc1CNCC(C)(C)C#N. The van der Waals surface area contributed by atoms with E-state index >= 15 is 0 Å². The molecule has 82 valence electrons. The molecule has 1 heterocycles. The molecule has 0 atom stereocenters. The first-order valence-corrected chi connectivity index (χ1v) is 5.21. The molecule has 4 heteroatoms. The fraction of sp³-hybridized carbons (Fsp3) is 0.636. The molecule has 1 N–H and O–H groups in total. The molecule has 0 radical (unpaired) electrons. The Balaban J connectivity index is 2.42. The molecule has 15 heavy (non-hydrogen) atoms. The van der Waals surface area contributed by atoms with Crippen molar-refractivity contribution < 1.29 is 0 Å². The second-order valence-corrected chi connectivity index (χ2v) is 4.24.